The van der Waals surface area contributed by atoms with E-state index in [1.54, 1.807) is 12.0 Å². The molecule has 1 aliphatic rings. The molecule has 0 saturated carbocycles. The van der Waals surface area contributed by atoms with Crippen molar-refractivity contribution in [3.63, 3.8) is 0 Å². The van der Waals surface area contributed by atoms with Gasteiger partial charge in [-0.05, 0) is 41.5 Å². The number of guanidine groups is 1. The first-order valence-electron chi connectivity index (χ1n) is 8.14. The molecule has 0 spiro atoms. The summed E-state index contributed by atoms with van der Waals surface area (Å²) in [4.78, 5) is 18.1. The van der Waals surface area contributed by atoms with Gasteiger partial charge in [-0.25, -0.2) is 4.79 Å². The van der Waals surface area contributed by atoms with Crippen LogP contribution in [0.25, 0.3) is 0 Å². The molecule has 0 atom stereocenters. The average molecular weight is 456 g/mol. The third kappa shape index (κ3) is 8.36. The number of amides is 1. The average Bonchev–Trinajstić information content (AvgIpc) is 2.37. The number of nitrogens with one attached hydrogen (secondary N) is 2. The molecular weight excluding hydrogens is 423 g/mol. The molecule has 0 unspecified atom stereocenters. The monoisotopic (exact) mass is 456 g/mol. The Labute approximate surface area is 162 Å². The fraction of sp³-hybridized carbons (Fsp3) is 0.875. The van der Waals surface area contributed by atoms with Crippen LogP contribution in [0.1, 0.15) is 41.5 Å². The third-order valence-corrected chi connectivity index (χ3v) is 3.39. The second-order valence-electron chi connectivity index (χ2n) is 7.39. The Bertz CT molecular complexity index is 430. The zero-order valence-electron chi connectivity index (χ0n) is 15.9. The normalized spacial score (nSPS) is 16.1. The van der Waals surface area contributed by atoms with Crippen LogP contribution in [-0.2, 0) is 9.47 Å². The van der Waals surface area contributed by atoms with Gasteiger partial charge >= 0.3 is 6.09 Å². The summed E-state index contributed by atoms with van der Waals surface area (Å²) in [5.41, 5.74) is -0.762. The number of ether oxygens (including phenoxy) is 2. The number of carbonyl (C=O) groups excluding carboxylic acids is 1. The highest BCUT2D eigenvalue weighted by atomic mass is 127. The lowest BCUT2D eigenvalue weighted by molar-refractivity contribution is 0.00698. The minimum atomic E-state index is -0.461. The molecular formula is C16H33IN4O3. The molecule has 0 radical (unpaired) electrons. The molecule has 1 saturated heterocycles. The summed E-state index contributed by atoms with van der Waals surface area (Å²) in [6.45, 7) is 14.2. The van der Waals surface area contributed by atoms with Crippen molar-refractivity contribution >= 4 is 36.0 Å². The number of hydrogen-bond acceptors (Lipinski definition) is 4. The molecule has 24 heavy (non-hydrogen) atoms. The van der Waals surface area contributed by atoms with Crippen molar-refractivity contribution < 1.29 is 14.3 Å². The first-order chi connectivity index (χ1) is 10.6. The van der Waals surface area contributed by atoms with Gasteiger partial charge < -0.3 is 25.0 Å². The maximum Gasteiger partial charge on any atom is 0.410 e. The standard InChI is InChI=1S/C16H32N4O3.HI/c1-8-17-13(18-11-16(5,6)22-7)19-12-9-20(10-12)14(21)23-15(2,3)4;/h12H,8-11H2,1-7H3,(H2,17,18,19);1H. The lowest BCUT2D eigenvalue weighted by Gasteiger charge is -2.40. The van der Waals surface area contributed by atoms with Gasteiger partial charge in [-0.2, -0.15) is 0 Å². The number of carbonyl (C=O) groups is 1. The Morgan fingerprint density at radius 3 is 2.29 bits per heavy atom. The predicted octanol–water partition coefficient (Wildman–Crippen LogP) is 2.20. The molecule has 7 nitrogen and oxygen atoms in total. The van der Waals surface area contributed by atoms with Crippen molar-refractivity contribution in [3.05, 3.63) is 0 Å². The predicted molar refractivity (Wildman–Crippen MR) is 107 cm³/mol. The van der Waals surface area contributed by atoms with Crippen molar-refractivity contribution in [1.29, 1.82) is 0 Å². The fourth-order valence-electron chi connectivity index (χ4n) is 1.89. The highest BCUT2D eigenvalue weighted by molar-refractivity contribution is 14.0. The van der Waals surface area contributed by atoms with E-state index in [9.17, 15) is 4.79 Å². The van der Waals surface area contributed by atoms with Gasteiger partial charge in [-0.3, -0.25) is 4.99 Å². The number of likely N-dealkylation sites (tertiary alicyclic amines) is 1. The van der Waals surface area contributed by atoms with E-state index in [1.165, 1.54) is 0 Å². The van der Waals surface area contributed by atoms with Gasteiger partial charge in [0.2, 0.25) is 0 Å². The van der Waals surface area contributed by atoms with E-state index in [4.69, 9.17) is 9.47 Å². The van der Waals surface area contributed by atoms with E-state index in [2.05, 4.69) is 15.6 Å². The van der Waals surface area contributed by atoms with Gasteiger partial charge in [0.25, 0.3) is 0 Å². The number of hydrogen-bond donors (Lipinski definition) is 2. The first kappa shape index (κ1) is 23.2. The first-order valence-corrected chi connectivity index (χ1v) is 8.14. The molecule has 0 aliphatic carbocycles. The smallest absolute Gasteiger partial charge is 0.410 e. The molecule has 2 N–H and O–H groups in total. The SMILES string of the molecule is CCNC(=NCC(C)(C)OC)NC1CN(C(=O)OC(C)(C)C)C1.I. The highest BCUT2D eigenvalue weighted by Crippen LogP contribution is 2.15. The van der Waals surface area contributed by atoms with Crippen molar-refractivity contribution in [2.45, 2.75) is 58.8 Å². The largest absolute Gasteiger partial charge is 0.444 e. The van der Waals surface area contributed by atoms with Crippen LogP contribution in [0.5, 0.6) is 0 Å². The van der Waals surface area contributed by atoms with E-state index < -0.39 is 5.60 Å². The van der Waals surface area contributed by atoms with Crippen LogP contribution in [0.4, 0.5) is 4.79 Å². The molecule has 0 aromatic carbocycles. The van der Waals surface area contributed by atoms with Crippen LogP contribution in [0.3, 0.4) is 0 Å². The van der Waals surface area contributed by atoms with E-state index in [0.717, 1.165) is 12.5 Å². The summed E-state index contributed by atoms with van der Waals surface area (Å²) < 4.78 is 10.7. The van der Waals surface area contributed by atoms with Crippen molar-refractivity contribution in [2.24, 2.45) is 4.99 Å². The Kier molecular flexibility index (Phi) is 9.34. The van der Waals surface area contributed by atoms with E-state index in [0.29, 0.717) is 19.6 Å². The summed E-state index contributed by atoms with van der Waals surface area (Å²) >= 11 is 0. The number of methoxy groups -OCH3 is 1. The topological polar surface area (TPSA) is 75.2 Å². The second kappa shape index (κ2) is 9.65. The van der Waals surface area contributed by atoms with E-state index in [-0.39, 0.29) is 41.7 Å². The minimum absolute atomic E-state index is 0. The lowest BCUT2D eigenvalue weighted by Crippen LogP contribution is -2.63. The Hall–Kier alpha value is -0.770. The summed E-state index contributed by atoms with van der Waals surface area (Å²) in [5.74, 6) is 0.742. The van der Waals surface area contributed by atoms with Crippen LogP contribution >= 0.6 is 24.0 Å². The molecule has 0 aromatic heterocycles. The molecule has 1 heterocycles. The molecule has 142 valence electrons. The van der Waals surface area contributed by atoms with E-state index in [1.807, 2.05) is 41.5 Å². The van der Waals surface area contributed by atoms with E-state index >= 15 is 0 Å². The van der Waals surface area contributed by atoms with Gasteiger partial charge in [0.05, 0.1) is 18.2 Å². The van der Waals surface area contributed by atoms with Crippen LogP contribution in [0.15, 0.2) is 4.99 Å². The molecule has 1 amide bonds. The van der Waals surface area contributed by atoms with Gasteiger partial charge in [0, 0.05) is 26.7 Å². The maximum absolute atomic E-state index is 11.9. The zero-order valence-corrected chi connectivity index (χ0v) is 18.3. The second-order valence-corrected chi connectivity index (χ2v) is 7.39. The van der Waals surface area contributed by atoms with Crippen LogP contribution in [0, 0.1) is 0 Å². The van der Waals surface area contributed by atoms with Crippen molar-refractivity contribution in [3.8, 4) is 0 Å². The summed E-state index contributed by atoms with van der Waals surface area (Å²) in [7, 11) is 1.68. The van der Waals surface area contributed by atoms with Crippen molar-refractivity contribution in [1.82, 2.24) is 15.5 Å². The molecule has 8 heteroatoms. The van der Waals surface area contributed by atoms with Crippen LogP contribution in [-0.4, -0.2) is 67.5 Å². The Morgan fingerprint density at radius 2 is 1.83 bits per heavy atom. The molecule has 1 aliphatic heterocycles. The zero-order chi connectivity index (χ0) is 17.7. The van der Waals surface area contributed by atoms with Crippen molar-refractivity contribution in [2.75, 3.05) is 33.3 Å². The molecule has 1 fully saturated rings. The maximum atomic E-state index is 11.9. The van der Waals surface area contributed by atoms with Gasteiger partial charge in [0.1, 0.15) is 5.60 Å². The fourth-order valence-corrected chi connectivity index (χ4v) is 1.89. The van der Waals surface area contributed by atoms with Crippen LogP contribution < -0.4 is 10.6 Å². The third-order valence-electron chi connectivity index (χ3n) is 3.39. The quantitative estimate of drug-likeness (QED) is 0.377. The Balaban J connectivity index is 0.00000529. The van der Waals surface area contributed by atoms with Gasteiger partial charge in [-0.1, -0.05) is 0 Å². The lowest BCUT2D eigenvalue weighted by atomic mass is 10.1. The number of nitrogens with zero attached hydrogens (tertiary/aromatic N) is 2. The number of halogens is 1. The van der Waals surface area contributed by atoms with Gasteiger partial charge in [-0.15, -0.1) is 24.0 Å². The molecule has 1 rings (SSSR count). The summed E-state index contributed by atoms with van der Waals surface area (Å²) in [6, 6.07) is 0.186. The Morgan fingerprint density at radius 1 is 1.25 bits per heavy atom. The highest BCUT2D eigenvalue weighted by Gasteiger charge is 2.34. The minimum Gasteiger partial charge on any atom is -0.444 e. The van der Waals surface area contributed by atoms with Gasteiger partial charge in [0.15, 0.2) is 5.96 Å². The number of aliphatic imine (C=N–C) groups is 1. The molecule has 0 aromatic rings. The summed E-state index contributed by atoms with van der Waals surface area (Å²) in [6.07, 6.45) is -0.266. The number of rotatable bonds is 5. The summed E-state index contributed by atoms with van der Waals surface area (Å²) in [5, 5.41) is 6.54. The molecule has 0 bridgehead atoms. The van der Waals surface area contributed by atoms with Crippen LogP contribution in [0.2, 0.25) is 0 Å².